The van der Waals surface area contributed by atoms with Crippen molar-refractivity contribution < 1.29 is 29.1 Å². The number of hydroxylamine groups is 1. The quantitative estimate of drug-likeness (QED) is 0.238. The molecule has 0 fully saturated rings. The van der Waals surface area contributed by atoms with Crippen molar-refractivity contribution in [1.29, 1.82) is 0 Å². The molecule has 0 aliphatic rings. The maximum absolute atomic E-state index is 12.3. The van der Waals surface area contributed by atoms with Crippen molar-refractivity contribution in [2.75, 3.05) is 6.61 Å². The van der Waals surface area contributed by atoms with Crippen LogP contribution in [0.3, 0.4) is 0 Å². The first kappa shape index (κ1) is 22.9. The van der Waals surface area contributed by atoms with Gasteiger partial charge >= 0.3 is 5.97 Å². The summed E-state index contributed by atoms with van der Waals surface area (Å²) < 4.78 is 1.48. The molecule has 1 aromatic heterocycles. The molecule has 0 aliphatic heterocycles. The molecule has 10 nitrogen and oxygen atoms in total. The van der Waals surface area contributed by atoms with Crippen LogP contribution in [-0.4, -0.2) is 52.1 Å². The van der Waals surface area contributed by atoms with Crippen LogP contribution < -0.4 is 16.1 Å². The summed E-state index contributed by atoms with van der Waals surface area (Å²) in [5, 5.41) is 14.0. The number of nitrogens with zero attached hydrogens (tertiary/aromatic N) is 1. The SMILES string of the molecule is C=CCONC(=O)Cn1ccc(C(=O)N[C@@H](C)C(=O)N[C@H](C(=O)O)C(C)C)c1. The van der Waals surface area contributed by atoms with Crippen molar-refractivity contribution in [3.05, 3.63) is 36.7 Å². The summed E-state index contributed by atoms with van der Waals surface area (Å²) in [6.07, 6.45) is 4.46. The second-order valence-electron chi connectivity index (χ2n) is 6.46. The van der Waals surface area contributed by atoms with Gasteiger partial charge < -0.3 is 20.3 Å². The first-order valence-corrected chi connectivity index (χ1v) is 8.67. The summed E-state index contributed by atoms with van der Waals surface area (Å²) in [4.78, 5) is 52.0. The van der Waals surface area contributed by atoms with Crippen LogP contribution in [0.15, 0.2) is 31.1 Å². The average molecular weight is 394 g/mol. The van der Waals surface area contributed by atoms with E-state index in [-0.39, 0.29) is 24.6 Å². The summed E-state index contributed by atoms with van der Waals surface area (Å²) in [7, 11) is 0. The molecule has 0 bridgehead atoms. The van der Waals surface area contributed by atoms with Gasteiger partial charge in [0.2, 0.25) is 5.91 Å². The topological polar surface area (TPSA) is 139 Å². The van der Waals surface area contributed by atoms with E-state index in [2.05, 4.69) is 22.7 Å². The molecule has 0 aliphatic carbocycles. The lowest BCUT2D eigenvalue weighted by Crippen LogP contribution is -2.52. The lowest BCUT2D eigenvalue weighted by Gasteiger charge is -2.21. The highest BCUT2D eigenvalue weighted by Gasteiger charge is 2.26. The van der Waals surface area contributed by atoms with Gasteiger partial charge in [0.25, 0.3) is 11.8 Å². The Bertz CT molecular complexity index is 727. The van der Waals surface area contributed by atoms with Crippen molar-refractivity contribution >= 4 is 23.7 Å². The van der Waals surface area contributed by atoms with Crippen LogP contribution in [0.25, 0.3) is 0 Å². The number of nitrogens with one attached hydrogen (secondary N) is 3. The first-order valence-electron chi connectivity index (χ1n) is 8.67. The van der Waals surface area contributed by atoms with E-state index in [1.807, 2.05) is 0 Å². The lowest BCUT2D eigenvalue weighted by atomic mass is 10.0. The standard InChI is InChI=1S/C18H26N4O6/c1-5-8-28-21-14(23)10-22-7-6-13(9-22)17(25)19-12(4)16(24)20-15(11(2)3)18(26)27/h5-7,9,11-12,15H,1,8,10H2,2-4H3,(H,19,25)(H,20,24)(H,21,23)(H,26,27)/t12-,15-/m0/s1. The zero-order valence-corrected chi connectivity index (χ0v) is 16.1. The Morgan fingerprint density at radius 3 is 2.50 bits per heavy atom. The van der Waals surface area contributed by atoms with E-state index in [0.29, 0.717) is 0 Å². The van der Waals surface area contributed by atoms with Crippen molar-refractivity contribution in [3.8, 4) is 0 Å². The Morgan fingerprint density at radius 1 is 1.25 bits per heavy atom. The van der Waals surface area contributed by atoms with Gasteiger partial charge in [-0.05, 0) is 18.9 Å². The predicted molar refractivity (Wildman–Crippen MR) is 100 cm³/mol. The van der Waals surface area contributed by atoms with Crippen LogP contribution in [-0.2, 0) is 25.8 Å². The Hall–Kier alpha value is -3.14. The maximum Gasteiger partial charge on any atom is 0.326 e. The van der Waals surface area contributed by atoms with E-state index in [4.69, 9.17) is 9.94 Å². The van der Waals surface area contributed by atoms with Crippen molar-refractivity contribution in [1.82, 2.24) is 20.7 Å². The van der Waals surface area contributed by atoms with Gasteiger partial charge in [-0.2, -0.15) is 0 Å². The van der Waals surface area contributed by atoms with E-state index in [1.54, 1.807) is 13.8 Å². The second-order valence-corrected chi connectivity index (χ2v) is 6.46. The Labute approximate surface area is 162 Å². The molecule has 0 unspecified atom stereocenters. The van der Waals surface area contributed by atoms with Gasteiger partial charge in [-0.3, -0.25) is 19.2 Å². The molecule has 28 heavy (non-hydrogen) atoms. The summed E-state index contributed by atoms with van der Waals surface area (Å²) in [6, 6.07) is -0.492. The number of rotatable bonds is 11. The molecule has 0 aromatic carbocycles. The van der Waals surface area contributed by atoms with Crippen LogP contribution in [0, 0.1) is 5.92 Å². The molecule has 0 saturated heterocycles. The maximum atomic E-state index is 12.3. The number of carboxylic acids is 1. The van der Waals surface area contributed by atoms with E-state index >= 15 is 0 Å². The Kier molecular flexibility index (Phi) is 8.89. The number of hydrogen-bond acceptors (Lipinski definition) is 5. The highest BCUT2D eigenvalue weighted by molar-refractivity contribution is 5.97. The third-order valence-corrected chi connectivity index (χ3v) is 3.70. The molecule has 0 radical (unpaired) electrons. The van der Waals surface area contributed by atoms with E-state index < -0.39 is 35.8 Å². The third kappa shape index (κ3) is 7.23. The predicted octanol–water partition coefficient (Wildman–Crippen LogP) is 0.0656. The lowest BCUT2D eigenvalue weighted by molar-refractivity contribution is -0.143. The third-order valence-electron chi connectivity index (χ3n) is 3.70. The fraction of sp³-hybridized carbons (Fsp3) is 0.444. The number of aliphatic carboxylic acids is 1. The second kappa shape index (κ2) is 10.9. The van der Waals surface area contributed by atoms with Gasteiger partial charge in [0.1, 0.15) is 18.6 Å². The molecule has 4 N–H and O–H groups in total. The van der Waals surface area contributed by atoms with E-state index in [9.17, 15) is 19.2 Å². The smallest absolute Gasteiger partial charge is 0.326 e. The van der Waals surface area contributed by atoms with Crippen molar-refractivity contribution in [2.24, 2.45) is 5.92 Å². The minimum atomic E-state index is -1.14. The van der Waals surface area contributed by atoms with Gasteiger partial charge in [0, 0.05) is 12.4 Å². The Morgan fingerprint density at radius 2 is 1.93 bits per heavy atom. The van der Waals surface area contributed by atoms with Crippen molar-refractivity contribution in [3.63, 3.8) is 0 Å². The molecular formula is C18H26N4O6. The molecule has 0 spiro atoms. The minimum absolute atomic E-state index is 0.0604. The zero-order valence-electron chi connectivity index (χ0n) is 16.1. The van der Waals surface area contributed by atoms with Gasteiger partial charge in [-0.25, -0.2) is 10.3 Å². The van der Waals surface area contributed by atoms with Gasteiger partial charge in [-0.15, -0.1) is 6.58 Å². The highest BCUT2D eigenvalue weighted by Crippen LogP contribution is 2.04. The first-order chi connectivity index (χ1) is 13.1. The zero-order chi connectivity index (χ0) is 21.3. The molecule has 1 heterocycles. The number of carbonyl (C=O) groups excluding carboxylic acids is 3. The summed E-state index contributed by atoms with van der Waals surface area (Å²) >= 11 is 0. The van der Waals surface area contributed by atoms with Gasteiger partial charge in [0.05, 0.1) is 12.2 Å². The highest BCUT2D eigenvalue weighted by atomic mass is 16.6. The van der Waals surface area contributed by atoms with E-state index in [1.165, 1.54) is 36.0 Å². The summed E-state index contributed by atoms with van der Waals surface area (Å²) in [5.74, 6) is -2.99. The average Bonchev–Trinajstić information content (AvgIpc) is 3.07. The number of aromatic nitrogens is 1. The monoisotopic (exact) mass is 394 g/mol. The van der Waals surface area contributed by atoms with Crippen molar-refractivity contribution in [2.45, 2.75) is 39.4 Å². The van der Waals surface area contributed by atoms with Crippen LogP contribution in [0.5, 0.6) is 0 Å². The van der Waals surface area contributed by atoms with Crippen LogP contribution >= 0.6 is 0 Å². The van der Waals surface area contributed by atoms with E-state index in [0.717, 1.165) is 0 Å². The van der Waals surface area contributed by atoms with Crippen LogP contribution in [0.2, 0.25) is 0 Å². The molecular weight excluding hydrogens is 368 g/mol. The number of amides is 3. The fourth-order valence-corrected chi connectivity index (χ4v) is 2.19. The largest absolute Gasteiger partial charge is 0.480 e. The molecule has 1 aromatic rings. The summed E-state index contributed by atoms with van der Waals surface area (Å²) in [6.45, 7) is 8.35. The molecule has 1 rings (SSSR count). The summed E-state index contributed by atoms with van der Waals surface area (Å²) in [5.41, 5.74) is 2.47. The molecule has 0 saturated carbocycles. The minimum Gasteiger partial charge on any atom is -0.480 e. The number of carboxylic acid groups (broad SMARTS) is 1. The molecule has 3 amide bonds. The number of carbonyl (C=O) groups is 4. The fourth-order valence-electron chi connectivity index (χ4n) is 2.19. The Balaban J connectivity index is 2.59. The van der Waals surface area contributed by atoms with Gasteiger partial charge in [-0.1, -0.05) is 19.9 Å². The molecule has 10 heteroatoms. The van der Waals surface area contributed by atoms with Crippen LogP contribution in [0.1, 0.15) is 31.1 Å². The van der Waals surface area contributed by atoms with Gasteiger partial charge in [0.15, 0.2) is 0 Å². The number of hydrogen-bond donors (Lipinski definition) is 4. The molecule has 2 atom stereocenters. The normalized spacial score (nSPS) is 12.7. The molecule has 154 valence electrons. The van der Waals surface area contributed by atoms with Crippen LogP contribution in [0.4, 0.5) is 0 Å².